The summed E-state index contributed by atoms with van der Waals surface area (Å²) in [7, 11) is 0. The predicted molar refractivity (Wildman–Crippen MR) is 4.99 cm³/mol. The Labute approximate surface area is 47.4 Å². The van der Waals surface area contributed by atoms with E-state index in [-0.39, 0.29) is 14.9 Å². The molecule has 0 radical (unpaired) electrons. The van der Waals surface area contributed by atoms with Gasteiger partial charge >= 0.3 is 32.3 Å². The summed E-state index contributed by atoms with van der Waals surface area (Å²) in [6.45, 7) is 0. The molecule has 0 heterocycles. The van der Waals surface area contributed by atoms with Gasteiger partial charge in [0, 0.05) is 0 Å². The quantitative estimate of drug-likeness (QED) is 0.444. The standard InChI is InChI=1S/2FH.H2O.2O.U/h2*1H;1H2;;;/q;;;;;+2/p-2. The van der Waals surface area contributed by atoms with Crippen molar-refractivity contribution in [2.45, 2.75) is 0 Å². The van der Waals surface area contributed by atoms with Gasteiger partial charge in [-0.05, 0) is 0 Å². The van der Waals surface area contributed by atoms with Crippen molar-refractivity contribution in [3.05, 3.63) is 0 Å². The molecule has 0 spiro atoms. The fraction of sp³-hybridized carbons (Fsp3) is 0. The Morgan fingerprint density at radius 3 is 1.00 bits per heavy atom. The molecule has 2 N–H and O–H groups in total. The van der Waals surface area contributed by atoms with Crippen LogP contribution in [-0.2, 0) is 4.47 Å². The molecule has 0 aliphatic heterocycles. The zero-order chi connectivity index (χ0) is 2.71. The molecule has 3 nitrogen and oxygen atoms in total. The van der Waals surface area contributed by atoms with Crippen molar-refractivity contribution in [2.75, 3.05) is 0 Å². The number of hydrogen-bond donors (Lipinski definition) is 0. The Kier molecular flexibility index (Phi) is 267. The predicted octanol–water partition coefficient (Wildman–Crippen LogP) is -7.05. The fourth-order valence-corrected chi connectivity index (χ4v) is 0. The van der Waals surface area contributed by atoms with Gasteiger partial charge < -0.3 is 14.9 Å². The first-order chi connectivity index (χ1) is 1.41. The fourth-order valence-electron chi connectivity index (χ4n) is 0. The molecule has 0 bridgehead atoms. The third kappa shape index (κ3) is 242. The van der Waals surface area contributed by atoms with E-state index in [1.54, 1.807) is 0 Å². The van der Waals surface area contributed by atoms with Crippen molar-refractivity contribution in [3.8, 4) is 0 Å². The summed E-state index contributed by atoms with van der Waals surface area (Å²) in [4.78, 5) is 0. The van der Waals surface area contributed by atoms with Gasteiger partial charge in [0.15, 0.2) is 0 Å². The summed E-state index contributed by atoms with van der Waals surface area (Å²) in [6, 6.07) is 0. The third-order valence-corrected chi connectivity index (χ3v) is 0. The van der Waals surface area contributed by atoms with Crippen LogP contribution in [0.15, 0.2) is 0 Å². The van der Waals surface area contributed by atoms with Gasteiger partial charge in [-0.1, -0.05) is 0 Å². The van der Waals surface area contributed by atoms with Crippen molar-refractivity contribution >= 4 is 0 Å². The molecule has 0 aromatic heterocycles. The van der Waals surface area contributed by atoms with Gasteiger partial charge in [-0.15, -0.1) is 0 Å². The van der Waals surface area contributed by atoms with Crippen molar-refractivity contribution in [3.63, 3.8) is 0 Å². The Morgan fingerprint density at radius 2 is 1.00 bits per heavy atom. The molecule has 0 aromatic carbocycles. The molecule has 6 heteroatoms. The van der Waals surface area contributed by atoms with Gasteiger partial charge in [0.1, 0.15) is 0 Å². The maximum atomic E-state index is 8.58. The van der Waals surface area contributed by atoms with Crippen LogP contribution >= 0.6 is 0 Å². The van der Waals surface area contributed by atoms with Crippen molar-refractivity contribution in [1.82, 2.24) is 0 Å². The Balaban J connectivity index is -0.00000000667. The molecule has 6 heavy (non-hydrogen) atoms. The third-order valence-electron chi connectivity index (χ3n) is 0. The van der Waals surface area contributed by atoms with Crippen LogP contribution in [0.4, 0.5) is 0 Å². The summed E-state index contributed by atoms with van der Waals surface area (Å²) < 4.78 is 17.2. The van der Waals surface area contributed by atoms with Crippen molar-refractivity contribution in [1.29, 1.82) is 0 Å². The van der Waals surface area contributed by atoms with Gasteiger partial charge in [-0.25, -0.2) is 0 Å². The number of hydrogen-bond acceptors (Lipinski definition) is 2. The van der Waals surface area contributed by atoms with E-state index in [1.165, 1.54) is 0 Å². The second-order valence-electron chi connectivity index (χ2n) is 0.0833. The van der Waals surface area contributed by atoms with E-state index < -0.39 is 27.8 Å². The van der Waals surface area contributed by atoms with Crippen LogP contribution in [0, 0.1) is 27.8 Å². The monoisotopic (exact) mass is 326 g/mol. The normalized spacial score (nSPS) is 1.33. The molecular weight excluding hydrogens is 324 g/mol. The Morgan fingerprint density at radius 1 is 1.00 bits per heavy atom. The van der Waals surface area contributed by atoms with E-state index >= 15 is 0 Å². The molecule has 0 aromatic rings. The minimum absolute atomic E-state index is 0. The second-order valence-corrected chi connectivity index (χ2v) is 0.777. The number of rotatable bonds is 0. The summed E-state index contributed by atoms with van der Waals surface area (Å²) >= 11 is -2.51. The molecule has 0 rings (SSSR count). The minimum atomic E-state index is -2.51. The van der Waals surface area contributed by atoms with E-state index in [0.717, 1.165) is 0 Å². The van der Waals surface area contributed by atoms with Gasteiger partial charge in [0.25, 0.3) is 0 Å². The summed E-state index contributed by atoms with van der Waals surface area (Å²) in [5.74, 6) is 0. The summed E-state index contributed by atoms with van der Waals surface area (Å²) in [6.07, 6.45) is 0. The first-order valence-corrected chi connectivity index (χ1v) is 3.81. The van der Waals surface area contributed by atoms with Crippen LogP contribution < -0.4 is 9.41 Å². The van der Waals surface area contributed by atoms with Crippen LogP contribution in [0.5, 0.6) is 0 Å². The Bertz CT molecular complexity index is 29.8. The molecule has 0 saturated carbocycles. The van der Waals surface area contributed by atoms with E-state index in [4.69, 9.17) is 4.47 Å². The molecular formula is H2F2O3U. The van der Waals surface area contributed by atoms with Gasteiger partial charge in [0.05, 0.1) is 0 Å². The zero-order valence-electron chi connectivity index (χ0n) is 2.57. The molecule has 0 atom stereocenters. The first kappa shape index (κ1) is 31.7. The molecule has 0 saturated heterocycles. The van der Waals surface area contributed by atoms with Crippen LogP contribution in [0.1, 0.15) is 0 Å². The first-order valence-electron chi connectivity index (χ1n) is 0.408. The molecule has 0 fully saturated rings. The molecule has 0 amide bonds. The Hall–Kier alpha value is 0.472. The van der Waals surface area contributed by atoms with Crippen LogP contribution in [0.25, 0.3) is 0 Å². The van der Waals surface area contributed by atoms with E-state index in [0.29, 0.717) is 0 Å². The topological polar surface area (TPSA) is 65.6 Å². The summed E-state index contributed by atoms with van der Waals surface area (Å²) in [5, 5.41) is 0. The van der Waals surface area contributed by atoms with Gasteiger partial charge in [0.2, 0.25) is 0 Å². The molecule has 0 aliphatic carbocycles. The maximum absolute atomic E-state index is 8.58. The van der Waals surface area contributed by atoms with Crippen LogP contribution in [0.3, 0.4) is 0 Å². The molecule has 0 unspecified atom stereocenters. The van der Waals surface area contributed by atoms with Crippen LogP contribution in [-0.4, -0.2) is 5.48 Å². The van der Waals surface area contributed by atoms with Gasteiger partial charge in [-0.2, -0.15) is 0 Å². The van der Waals surface area contributed by atoms with Crippen molar-refractivity contribution in [2.24, 2.45) is 0 Å². The van der Waals surface area contributed by atoms with E-state index in [9.17, 15) is 0 Å². The van der Waals surface area contributed by atoms with E-state index in [1.807, 2.05) is 0 Å². The average molecular weight is 326 g/mol. The van der Waals surface area contributed by atoms with E-state index in [2.05, 4.69) is 0 Å². The second kappa shape index (κ2) is 50.5. The van der Waals surface area contributed by atoms with Crippen molar-refractivity contribution < 1.29 is 47.2 Å². The zero-order valence-corrected chi connectivity index (χ0v) is 6.74. The SMILES string of the molecule is O.[F-].[F-].[O]=[U+2]=[O]. The van der Waals surface area contributed by atoms with Gasteiger partial charge in [-0.3, -0.25) is 0 Å². The van der Waals surface area contributed by atoms with Crippen LogP contribution in [0.2, 0.25) is 0 Å². The average Bonchev–Trinajstić information content (AvgIpc) is 0.918. The summed E-state index contributed by atoms with van der Waals surface area (Å²) in [5.41, 5.74) is 0. The molecule has 38 valence electrons. The number of halogens is 2. The molecule has 0 aliphatic rings.